The standard InChI is InChI=1S/C24H21N3O2S2/c1-16-5-7-18(8-6-16)23(29)26-20-4-2-3-17(11-20)13-25-22(28)12-21-15-31-24(27-21)19-9-10-30-14-19/h2-11,14-15H,12-13H2,1H3,(H,25,28)(H,26,29). The van der Waals surface area contributed by atoms with Gasteiger partial charge in [0.1, 0.15) is 5.01 Å². The molecule has 0 spiro atoms. The van der Waals surface area contributed by atoms with Crippen molar-refractivity contribution in [3.63, 3.8) is 0 Å². The average molecular weight is 448 g/mol. The second-order valence-corrected chi connectivity index (χ2v) is 8.77. The van der Waals surface area contributed by atoms with E-state index in [4.69, 9.17) is 0 Å². The summed E-state index contributed by atoms with van der Waals surface area (Å²) in [5.41, 5.74) is 5.17. The number of aromatic nitrogens is 1. The van der Waals surface area contributed by atoms with Crippen LogP contribution < -0.4 is 10.6 Å². The Kier molecular flexibility index (Phi) is 6.54. The van der Waals surface area contributed by atoms with Crippen LogP contribution in [0.15, 0.2) is 70.7 Å². The Hall–Kier alpha value is -3.29. The minimum atomic E-state index is -0.161. The first-order chi connectivity index (χ1) is 15.1. The third kappa shape index (κ3) is 5.65. The minimum absolute atomic E-state index is 0.0868. The molecule has 4 aromatic rings. The summed E-state index contributed by atoms with van der Waals surface area (Å²) in [5, 5.41) is 12.7. The lowest BCUT2D eigenvalue weighted by Gasteiger charge is -2.09. The van der Waals surface area contributed by atoms with Crippen LogP contribution in [0.1, 0.15) is 27.2 Å². The number of carbonyl (C=O) groups excluding carboxylic acids is 2. The summed E-state index contributed by atoms with van der Waals surface area (Å²) in [6, 6.07) is 16.9. The normalized spacial score (nSPS) is 10.6. The molecular formula is C24H21N3O2S2. The predicted molar refractivity (Wildman–Crippen MR) is 127 cm³/mol. The number of aryl methyl sites for hydroxylation is 1. The number of benzene rings is 2. The Morgan fingerprint density at radius 3 is 2.65 bits per heavy atom. The molecule has 156 valence electrons. The molecule has 0 atom stereocenters. The zero-order chi connectivity index (χ0) is 21.6. The second kappa shape index (κ2) is 9.68. The molecule has 0 fully saturated rings. The summed E-state index contributed by atoms with van der Waals surface area (Å²) in [7, 11) is 0. The highest BCUT2D eigenvalue weighted by atomic mass is 32.1. The fraction of sp³-hybridized carbons (Fsp3) is 0.125. The van der Waals surface area contributed by atoms with E-state index in [-0.39, 0.29) is 18.2 Å². The molecule has 2 N–H and O–H groups in total. The molecule has 0 saturated carbocycles. The summed E-state index contributed by atoms with van der Waals surface area (Å²) >= 11 is 3.17. The van der Waals surface area contributed by atoms with E-state index in [0.29, 0.717) is 17.8 Å². The molecular weight excluding hydrogens is 426 g/mol. The van der Waals surface area contributed by atoms with Gasteiger partial charge < -0.3 is 10.6 Å². The van der Waals surface area contributed by atoms with Gasteiger partial charge in [0.15, 0.2) is 0 Å². The summed E-state index contributed by atoms with van der Waals surface area (Å²) in [6.45, 7) is 2.37. The fourth-order valence-electron chi connectivity index (χ4n) is 3.00. The molecule has 0 radical (unpaired) electrons. The number of thiophene rings is 1. The monoisotopic (exact) mass is 447 g/mol. The van der Waals surface area contributed by atoms with Crippen molar-refractivity contribution in [2.45, 2.75) is 19.9 Å². The van der Waals surface area contributed by atoms with E-state index in [1.165, 1.54) is 0 Å². The average Bonchev–Trinajstić information content (AvgIpc) is 3.45. The Labute approximate surface area is 188 Å². The van der Waals surface area contributed by atoms with Crippen LogP contribution in [-0.4, -0.2) is 16.8 Å². The smallest absolute Gasteiger partial charge is 0.255 e. The molecule has 5 nitrogen and oxygen atoms in total. The molecule has 0 unspecified atom stereocenters. The molecule has 0 aliphatic heterocycles. The maximum atomic E-state index is 12.4. The van der Waals surface area contributed by atoms with Crippen molar-refractivity contribution in [3.05, 3.63) is 93.1 Å². The van der Waals surface area contributed by atoms with Crippen molar-refractivity contribution >= 4 is 40.2 Å². The summed E-state index contributed by atoms with van der Waals surface area (Å²) < 4.78 is 0. The zero-order valence-corrected chi connectivity index (χ0v) is 18.6. The predicted octanol–water partition coefficient (Wildman–Crippen LogP) is 5.29. The van der Waals surface area contributed by atoms with Crippen LogP contribution in [0, 0.1) is 6.92 Å². The van der Waals surface area contributed by atoms with Gasteiger partial charge >= 0.3 is 0 Å². The molecule has 0 saturated heterocycles. The molecule has 7 heteroatoms. The maximum Gasteiger partial charge on any atom is 0.255 e. The lowest BCUT2D eigenvalue weighted by Crippen LogP contribution is -2.24. The number of hydrogen-bond acceptors (Lipinski definition) is 5. The first-order valence-corrected chi connectivity index (χ1v) is 11.6. The van der Waals surface area contributed by atoms with Gasteiger partial charge in [-0.1, -0.05) is 29.8 Å². The van der Waals surface area contributed by atoms with Crippen molar-refractivity contribution < 1.29 is 9.59 Å². The molecule has 2 amide bonds. The van der Waals surface area contributed by atoms with Crippen LogP contribution in [-0.2, 0) is 17.8 Å². The van der Waals surface area contributed by atoms with Gasteiger partial charge in [-0.2, -0.15) is 11.3 Å². The summed E-state index contributed by atoms with van der Waals surface area (Å²) in [5.74, 6) is -0.248. The van der Waals surface area contributed by atoms with Crippen molar-refractivity contribution in [2.75, 3.05) is 5.32 Å². The summed E-state index contributed by atoms with van der Waals surface area (Å²) in [4.78, 5) is 29.3. The van der Waals surface area contributed by atoms with Crippen LogP contribution in [0.4, 0.5) is 5.69 Å². The van der Waals surface area contributed by atoms with E-state index in [1.54, 1.807) is 34.8 Å². The van der Waals surface area contributed by atoms with Gasteiger partial charge in [0.25, 0.3) is 5.91 Å². The topological polar surface area (TPSA) is 71.1 Å². The van der Waals surface area contributed by atoms with Gasteiger partial charge in [0.05, 0.1) is 12.1 Å². The molecule has 2 aromatic heterocycles. The number of rotatable bonds is 7. The number of amides is 2. The van der Waals surface area contributed by atoms with Gasteiger partial charge in [-0.05, 0) is 48.2 Å². The quantitative estimate of drug-likeness (QED) is 0.404. The third-order valence-corrected chi connectivity index (χ3v) is 6.27. The summed E-state index contributed by atoms with van der Waals surface area (Å²) in [6.07, 6.45) is 0.241. The Morgan fingerprint density at radius 1 is 1.03 bits per heavy atom. The lowest BCUT2D eigenvalue weighted by atomic mass is 10.1. The maximum absolute atomic E-state index is 12.4. The number of nitrogens with zero attached hydrogens (tertiary/aromatic N) is 1. The molecule has 0 bridgehead atoms. The highest BCUT2D eigenvalue weighted by Crippen LogP contribution is 2.25. The van der Waals surface area contributed by atoms with Crippen LogP contribution in [0.2, 0.25) is 0 Å². The molecule has 2 aromatic carbocycles. The molecule has 0 aliphatic carbocycles. The SMILES string of the molecule is Cc1ccc(C(=O)Nc2cccc(CNC(=O)Cc3csc(-c4ccsc4)n3)c2)cc1. The molecule has 0 aliphatic rings. The van der Waals surface area contributed by atoms with Gasteiger partial charge in [0.2, 0.25) is 5.91 Å². The van der Waals surface area contributed by atoms with E-state index >= 15 is 0 Å². The Bertz CT molecular complexity index is 1180. The van der Waals surface area contributed by atoms with Crippen molar-refractivity contribution in [2.24, 2.45) is 0 Å². The van der Waals surface area contributed by atoms with Gasteiger partial charge in [0, 0.05) is 34.1 Å². The minimum Gasteiger partial charge on any atom is -0.352 e. The number of anilines is 1. The lowest BCUT2D eigenvalue weighted by molar-refractivity contribution is -0.120. The van der Waals surface area contributed by atoms with Crippen molar-refractivity contribution in [3.8, 4) is 10.6 Å². The van der Waals surface area contributed by atoms with Crippen LogP contribution in [0.5, 0.6) is 0 Å². The Balaban J connectivity index is 1.31. The van der Waals surface area contributed by atoms with Crippen LogP contribution in [0.3, 0.4) is 0 Å². The van der Waals surface area contributed by atoms with Crippen LogP contribution >= 0.6 is 22.7 Å². The van der Waals surface area contributed by atoms with E-state index in [0.717, 1.165) is 27.4 Å². The second-order valence-electron chi connectivity index (χ2n) is 7.13. The first-order valence-electron chi connectivity index (χ1n) is 9.77. The number of carbonyl (C=O) groups is 2. The number of thiazole rings is 1. The zero-order valence-electron chi connectivity index (χ0n) is 16.9. The van der Waals surface area contributed by atoms with E-state index in [2.05, 4.69) is 15.6 Å². The molecule has 4 rings (SSSR count). The van der Waals surface area contributed by atoms with Crippen LogP contribution in [0.25, 0.3) is 10.6 Å². The fourth-order valence-corrected chi connectivity index (χ4v) is 4.53. The molecule has 2 heterocycles. The first kappa shape index (κ1) is 21.0. The van der Waals surface area contributed by atoms with E-state index < -0.39 is 0 Å². The van der Waals surface area contributed by atoms with Gasteiger partial charge in [-0.25, -0.2) is 4.98 Å². The number of nitrogens with one attached hydrogen (secondary N) is 2. The third-order valence-electron chi connectivity index (χ3n) is 4.65. The van der Waals surface area contributed by atoms with E-state index in [1.807, 2.05) is 65.5 Å². The molecule has 31 heavy (non-hydrogen) atoms. The number of hydrogen-bond donors (Lipinski definition) is 2. The highest BCUT2D eigenvalue weighted by Gasteiger charge is 2.10. The van der Waals surface area contributed by atoms with Gasteiger partial charge in [-0.15, -0.1) is 11.3 Å². The van der Waals surface area contributed by atoms with Gasteiger partial charge in [-0.3, -0.25) is 9.59 Å². The van der Waals surface area contributed by atoms with E-state index in [9.17, 15) is 9.59 Å². The Morgan fingerprint density at radius 2 is 1.87 bits per heavy atom. The highest BCUT2D eigenvalue weighted by molar-refractivity contribution is 7.14. The van der Waals surface area contributed by atoms with Crippen molar-refractivity contribution in [1.82, 2.24) is 10.3 Å². The van der Waals surface area contributed by atoms with Crippen molar-refractivity contribution in [1.29, 1.82) is 0 Å². The largest absolute Gasteiger partial charge is 0.352 e.